The quantitative estimate of drug-likeness (QED) is 0.110. The maximum absolute atomic E-state index is 7.52. The molecule has 0 amide bonds. The van der Waals surface area contributed by atoms with E-state index in [9.17, 15) is 0 Å². The Morgan fingerprint density at radius 2 is 0.629 bits per heavy atom. The van der Waals surface area contributed by atoms with Gasteiger partial charge in [0.2, 0.25) is 0 Å². The van der Waals surface area contributed by atoms with Crippen LogP contribution in [-0.4, -0.2) is 17.2 Å². The van der Waals surface area contributed by atoms with E-state index in [1.165, 1.54) is 64.4 Å². The van der Waals surface area contributed by atoms with Crippen LogP contribution in [0.25, 0.3) is 99.2 Å². The van der Waals surface area contributed by atoms with Crippen LogP contribution in [0.15, 0.2) is 271 Å². The Hall–Kier alpha value is -8.96. The van der Waals surface area contributed by atoms with Gasteiger partial charge in [-0.2, -0.15) is 0 Å². The zero-order valence-electron chi connectivity index (χ0n) is 38.2. The average Bonchev–Trinajstić information content (AvgIpc) is 4.11. The Morgan fingerprint density at radius 1 is 0.271 bits per heavy atom. The Bertz CT molecular complexity index is 3960. The largest absolute Gasteiger partial charge is 0.455 e. The summed E-state index contributed by atoms with van der Waals surface area (Å²) in [7, 11) is -2.93. The van der Waals surface area contributed by atoms with Crippen LogP contribution in [-0.2, 0) is 0 Å². The summed E-state index contributed by atoms with van der Waals surface area (Å²) in [4.78, 5) is 0. The fraction of sp³-hybridized carbons (Fsp3) is 0. The van der Waals surface area contributed by atoms with Crippen LogP contribution in [0.5, 0.6) is 0 Å². The van der Waals surface area contributed by atoms with Gasteiger partial charge in [0, 0.05) is 49.3 Å². The molecule has 11 aromatic carbocycles. The molecule has 0 bridgehead atoms. The molecule has 3 aromatic heterocycles. The Kier molecular flexibility index (Phi) is 9.23. The molecule has 0 aliphatic rings. The Labute approximate surface area is 406 Å². The summed E-state index contributed by atoms with van der Waals surface area (Å²) in [6.07, 6.45) is 0. The first-order valence-corrected chi connectivity index (χ1v) is 26.1. The average molecular weight is 909 g/mol. The monoisotopic (exact) mass is 908 g/mol. The second-order valence-electron chi connectivity index (χ2n) is 18.3. The fourth-order valence-electron chi connectivity index (χ4n) is 11.7. The lowest BCUT2D eigenvalue weighted by atomic mass is 9.93. The second-order valence-corrected chi connectivity index (χ2v) is 22.1. The minimum Gasteiger partial charge on any atom is -0.455 e. The van der Waals surface area contributed by atoms with Crippen molar-refractivity contribution in [3.63, 3.8) is 0 Å². The van der Waals surface area contributed by atoms with Gasteiger partial charge < -0.3 is 13.6 Å². The van der Waals surface area contributed by atoms with Gasteiger partial charge in [0.15, 0.2) is 8.07 Å². The molecule has 0 unspecified atom stereocenters. The SMILES string of the molecule is c1ccc([Si](c2ccccc2)(c2ccccc2)c2cccc3c2oc2c(-c4ccccc4-c4cc(-n5c6ccccc6c6ccccc65)cc(-n5c6ccccc6c6ccccc65)c4)cccc23)cc1. The molecule has 0 aliphatic heterocycles. The highest BCUT2D eigenvalue weighted by atomic mass is 28.3. The van der Waals surface area contributed by atoms with E-state index < -0.39 is 8.07 Å². The molecule has 3 heterocycles. The first-order valence-electron chi connectivity index (χ1n) is 24.1. The van der Waals surface area contributed by atoms with E-state index in [-0.39, 0.29) is 0 Å². The number of para-hydroxylation sites is 6. The van der Waals surface area contributed by atoms with E-state index >= 15 is 0 Å². The summed E-state index contributed by atoms with van der Waals surface area (Å²) in [5, 5.41) is 12.3. The Morgan fingerprint density at radius 3 is 1.10 bits per heavy atom. The lowest BCUT2D eigenvalue weighted by Crippen LogP contribution is -2.74. The number of aromatic nitrogens is 2. The van der Waals surface area contributed by atoms with Gasteiger partial charge >= 0.3 is 0 Å². The van der Waals surface area contributed by atoms with Crippen LogP contribution in [0, 0.1) is 0 Å². The number of rotatable bonds is 8. The highest BCUT2D eigenvalue weighted by Crippen LogP contribution is 2.43. The maximum Gasteiger partial charge on any atom is 0.184 e. The number of fused-ring (bicyclic) bond motifs is 9. The fourth-order valence-corrected chi connectivity index (χ4v) is 16.6. The summed E-state index contributed by atoms with van der Waals surface area (Å²) >= 11 is 0. The van der Waals surface area contributed by atoms with Crippen molar-refractivity contribution in [2.45, 2.75) is 0 Å². The summed E-state index contributed by atoms with van der Waals surface area (Å²) in [5.74, 6) is 0. The maximum atomic E-state index is 7.52. The Balaban J connectivity index is 1.04. The van der Waals surface area contributed by atoms with Crippen molar-refractivity contribution in [1.29, 1.82) is 0 Å². The van der Waals surface area contributed by atoms with Crippen LogP contribution >= 0.6 is 0 Å². The minimum absolute atomic E-state index is 0.885. The van der Waals surface area contributed by atoms with E-state index in [4.69, 9.17) is 4.42 Å². The number of furan rings is 1. The van der Waals surface area contributed by atoms with Gasteiger partial charge in [-0.25, -0.2) is 0 Å². The van der Waals surface area contributed by atoms with Crippen molar-refractivity contribution in [3.05, 3.63) is 267 Å². The number of hydrogen-bond acceptors (Lipinski definition) is 1. The van der Waals surface area contributed by atoms with E-state index in [0.717, 1.165) is 55.6 Å². The zero-order valence-corrected chi connectivity index (χ0v) is 39.2. The highest BCUT2D eigenvalue weighted by Gasteiger charge is 2.43. The van der Waals surface area contributed by atoms with Gasteiger partial charge in [0.05, 0.1) is 22.1 Å². The predicted molar refractivity (Wildman–Crippen MR) is 297 cm³/mol. The molecule has 0 fully saturated rings. The molecule has 0 aliphatic carbocycles. The van der Waals surface area contributed by atoms with Gasteiger partial charge in [0.25, 0.3) is 0 Å². The smallest absolute Gasteiger partial charge is 0.184 e. The summed E-state index contributed by atoms with van der Waals surface area (Å²) < 4.78 is 12.4. The molecule has 14 rings (SSSR count). The first kappa shape index (κ1) is 40.1. The van der Waals surface area contributed by atoms with Crippen molar-refractivity contribution >= 4 is 94.4 Å². The van der Waals surface area contributed by atoms with Crippen LogP contribution in [0.2, 0.25) is 0 Å². The summed E-state index contributed by atoms with van der Waals surface area (Å²) in [5.41, 5.74) is 13.1. The van der Waals surface area contributed by atoms with E-state index in [2.05, 4.69) is 276 Å². The van der Waals surface area contributed by atoms with E-state index in [1.54, 1.807) is 0 Å². The summed E-state index contributed by atoms with van der Waals surface area (Å²) in [6.45, 7) is 0. The molecule has 70 heavy (non-hydrogen) atoms. The first-order chi connectivity index (χ1) is 34.8. The number of hydrogen-bond donors (Lipinski definition) is 0. The molecule has 0 N–H and O–H groups in total. The number of nitrogens with zero attached hydrogens (tertiary/aromatic N) is 2. The number of benzene rings is 11. The third kappa shape index (κ3) is 6.00. The van der Waals surface area contributed by atoms with Crippen LogP contribution in [0.4, 0.5) is 0 Å². The van der Waals surface area contributed by atoms with E-state index in [1.807, 2.05) is 0 Å². The second kappa shape index (κ2) is 16.1. The van der Waals surface area contributed by atoms with Gasteiger partial charge in [-0.05, 0) is 79.9 Å². The third-order valence-electron chi connectivity index (χ3n) is 14.7. The van der Waals surface area contributed by atoms with Crippen LogP contribution in [0.1, 0.15) is 0 Å². The lowest BCUT2D eigenvalue weighted by molar-refractivity contribution is 0.672. The van der Waals surface area contributed by atoms with Crippen molar-refractivity contribution in [2.24, 2.45) is 0 Å². The predicted octanol–water partition coefficient (Wildman–Crippen LogP) is 14.5. The van der Waals surface area contributed by atoms with Gasteiger partial charge in [0.1, 0.15) is 11.2 Å². The van der Waals surface area contributed by atoms with Gasteiger partial charge in [-0.1, -0.05) is 224 Å². The van der Waals surface area contributed by atoms with E-state index in [0.29, 0.717) is 0 Å². The van der Waals surface area contributed by atoms with Crippen LogP contribution < -0.4 is 20.7 Å². The molecule has 0 atom stereocenters. The molecule has 0 spiro atoms. The van der Waals surface area contributed by atoms with Crippen molar-refractivity contribution < 1.29 is 4.42 Å². The third-order valence-corrected chi connectivity index (χ3v) is 19.5. The van der Waals surface area contributed by atoms with Crippen molar-refractivity contribution in [1.82, 2.24) is 9.13 Å². The standard InChI is InChI=1S/C66H44N2OSi/c1-4-22-48(23-5-1)70(49-24-6-2-7-25-49,50-26-8-3-9-27-50)64-41-21-36-59-58-35-20-34-57(65(58)69-66(59)64)52-29-11-10-28-51(52)45-42-46(67-60-37-16-12-30-53(60)54-31-13-17-38-61(54)67)44-47(43-45)68-62-39-18-14-32-55(62)56-33-15-19-40-63(56)68/h1-44H. The van der Waals surface area contributed by atoms with Gasteiger partial charge in [-0.3, -0.25) is 0 Å². The molecule has 0 saturated carbocycles. The molecule has 328 valence electrons. The summed E-state index contributed by atoms with van der Waals surface area (Å²) in [6, 6.07) is 98.0. The zero-order chi connectivity index (χ0) is 46.2. The molecular formula is C66H44N2OSi. The van der Waals surface area contributed by atoms with Crippen molar-refractivity contribution in [2.75, 3.05) is 0 Å². The lowest BCUT2D eigenvalue weighted by Gasteiger charge is -2.34. The van der Waals surface area contributed by atoms with Crippen LogP contribution in [0.3, 0.4) is 0 Å². The van der Waals surface area contributed by atoms with Gasteiger partial charge in [-0.15, -0.1) is 0 Å². The molecule has 4 heteroatoms. The molecular weight excluding hydrogens is 865 g/mol. The molecule has 0 saturated heterocycles. The minimum atomic E-state index is -2.93. The molecule has 0 radical (unpaired) electrons. The normalized spacial score (nSPS) is 12.0. The topological polar surface area (TPSA) is 23.0 Å². The molecule has 3 nitrogen and oxygen atoms in total. The molecule has 14 aromatic rings. The highest BCUT2D eigenvalue weighted by molar-refractivity contribution is 7.20. The van der Waals surface area contributed by atoms with Crippen molar-refractivity contribution in [3.8, 4) is 33.6 Å².